The van der Waals surface area contributed by atoms with Crippen molar-refractivity contribution in [2.24, 2.45) is 0 Å². The van der Waals surface area contributed by atoms with E-state index < -0.39 is 0 Å². The molecule has 112 valence electrons. The summed E-state index contributed by atoms with van der Waals surface area (Å²) in [6.07, 6.45) is 2.91. The van der Waals surface area contributed by atoms with E-state index in [4.69, 9.17) is 4.52 Å². The summed E-state index contributed by atoms with van der Waals surface area (Å²) in [5.74, 6) is 1.18. The number of carbonyl (C=O) groups is 1. The number of anilines is 1. The zero-order valence-corrected chi connectivity index (χ0v) is 12.3. The molecular weight excluding hydrogens is 256 g/mol. The fourth-order valence-corrected chi connectivity index (χ4v) is 2.62. The third-order valence-corrected chi connectivity index (χ3v) is 3.71. The van der Waals surface area contributed by atoms with Crippen LogP contribution in [-0.4, -0.2) is 48.2 Å². The summed E-state index contributed by atoms with van der Waals surface area (Å²) in [6, 6.07) is 2.27. The Morgan fingerprint density at radius 3 is 3.10 bits per heavy atom. The van der Waals surface area contributed by atoms with Gasteiger partial charge in [-0.2, -0.15) is 0 Å². The molecule has 1 aliphatic heterocycles. The van der Waals surface area contributed by atoms with Gasteiger partial charge in [-0.15, -0.1) is 0 Å². The topological polar surface area (TPSA) is 70.4 Å². The van der Waals surface area contributed by atoms with Gasteiger partial charge < -0.3 is 15.2 Å². The van der Waals surface area contributed by atoms with Crippen molar-refractivity contribution in [1.29, 1.82) is 0 Å². The fraction of sp³-hybridized carbons (Fsp3) is 0.714. The van der Waals surface area contributed by atoms with Crippen LogP contribution in [0.15, 0.2) is 10.6 Å². The second-order valence-electron chi connectivity index (χ2n) is 5.25. The van der Waals surface area contributed by atoms with E-state index in [0.29, 0.717) is 24.0 Å². The Balaban J connectivity index is 1.75. The highest BCUT2D eigenvalue weighted by molar-refractivity contribution is 5.89. The third-order valence-electron chi connectivity index (χ3n) is 3.71. The lowest BCUT2D eigenvalue weighted by atomic mass is 10.1. The number of carbonyl (C=O) groups excluding carboxylic acids is 1. The largest absolute Gasteiger partial charge is 0.360 e. The molecule has 0 spiro atoms. The molecule has 2 rings (SSSR count). The number of piperidine rings is 1. The van der Waals surface area contributed by atoms with E-state index in [2.05, 4.69) is 27.6 Å². The Kier molecular flexibility index (Phi) is 5.55. The Bertz CT molecular complexity index is 427. The van der Waals surface area contributed by atoms with Crippen LogP contribution in [0.1, 0.15) is 31.9 Å². The zero-order valence-electron chi connectivity index (χ0n) is 12.3. The Morgan fingerprint density at radius 1 is 1.65 bits per heavy atom. The van der Waals surface area contributed by atoms with Crippen molar-refractivity contribution >= 4 is 11.7 Å². The van der Waals surface area contributed by atoms with Crippen LogP contribution in [0.2, 0.25) is 0 Å². The highest BCUT2D eigenvalue weighted by atomic mass is 16.5. The van der Waals surface area contributed by atoms with Gasteiger partial charge in [0.05, 0.1) is 0 Å². The van der Waals surface area contributed by atoms with E-state index in [1.807, 2.05) is 0 Å². The number of hydrogen-bond acceptors (Lipinski definition) is 5. The van der Waals surface area contributed by atoms with Gasteiger partial charge in [0, 0.05) is 31.6 Å². The van der Waals surface area contributed by atoms with E-state index in [9.17, 15) is 4.79 Å². The van der Waals surface area contributed by atoms with Gasteiger partial charge in [-0.25, -0.2) is 0 Å². The number of hydrogen-bond donors (Lipinski definition) is 2. The second kappa shape index (κ2) is 7.40. The summed E-state index contributed by atoms with van der Waals surface area (Å²) in [5.41, 5.74) is 0. The maximum Gasteiger partial charge on any atom is 0.226 e. The van der Waals surface area contributed by atoms with E-state index >= 15 is 0 Å². The predicted octanol–water partition coefficient (Wildman–Crippen LogP) is 1.39. The highest BCUT2D eigenvalue weighted by Gasteiger charge is 2.20. The van der Waals surface area contributed by atoms with Crippen molar-refractivity contribution in [2.75, 3.05) is 31.5 Å². The summed E-state index contributed by atoms with van der Waals surface area (Å²) >= 11 is 0. The number of aromatic nitrogens is 1. The lowest BCUT2D eigenvalue weighted by Gasteiger charge is -2.33. The number of nitrogens with zero attached hydrogens (tertiary/aromatic N) is 2. The zero-order chi connectivity index (χ0) is 14.4. The fourth-order valence-electron chi connectivity index (χ4n) is 2.62. The van der Waals surface area contributed by atoms with Gasteiger partial charge in [0.2, 0.25) is 5.91 Å². The molecule has 0 radical (unpaired) electrons. The molecule has 1 unspecified atom stereocenters. The second-order valence-corrected chi connectivity index (χ2v) is 5.25. The monoisotopic (exact) mass is 280 g/mol. The average molecular weight is 280 g/mol. The first-order valence-corrected chi connectivity index (χ1v) is 7.37. The van der Waals surface area contributed by atoms with Crippen molar-refractivity contribution in [1.82, 2.24) is 15.4 Å². The quantitative estimate of drug-likeness (QED) is 0.824. The number of aryl methyl sites for hydroxylation is 1. The Hall–Kier alpha value is -1.40. The predicted molar refractivity (Wildman–Crippen MR) is 77.6 cm³/mol. The molecule has 0 aromatic carbocycles. The molecule has 0 saturated carbocycles. The van der Waals surface area contributed by atoms with Crippen molar-refractivity contribution in [2.45, 2.75) is 39.2 Å². The summed E-state index contributed by atoms with van der Waals surface area (Å²) in [6.45, 7) is 7.84. The lowest BCUT2D eigenvalue weighted by molar-refractivity contribution is -0.116. The maximum atomic E-state index is 11.9. The minimum Gasteiger partial charge on any atom is -0.360 e. The molecule has 0 aliphatic carbocycles. The maximum absolute atomic E-state index is 11.9. The van der Waals surface area contributed by atoms with Crippen molar-refractivity contribution in [3.63, 3.8) is 0 Å². The SMILES string of the molecule is CCN(CCC(=O)Nc1cc(C)on1)C1CCCNC1. The van der Waals surface area contributed by atoms with Crippen molar-refractivity contribution in [3.8, 4) is 0 Å². The lowest BCUT2D eigenvalue weighted by Crippen LogP contribution is -2.46. The molecule has 1 fully saturated rings. The van der Waals surface area contributed by atoms with Crippen LogP contribution in [0, 0.1) is 6.92 Å². The molecule has 1 saturated heterocycles. The minimum absolute atomic E-state index is 0.0134. The van der Waals surface area contributed by atoms with Crippen LogP contribution in [0.4, 0.5) is 5.82 Å². The number of nitrogens with one attached hydrogen (secondary N) is 2. The Labute approximate surface area is 119 Å². The van der Waals surface area contributed by atoms with E-state index in [1.165, 1.54) is 12.8 Å². The summed E-state index contributed by atoms with van der Waals surface area (Å²) < 4.78 is 4.92. The first-order valence-electron chi connectivity index (χ1n) is 7.37. The van der Waals surface area contributed by atoms with Gasteiger partial charge >= 0.3 is 0 Å². The van der Waals surface area contributed by atoms with Crippen molar-refractivity contribution in [3.05, 3.63) is 11.8 Å². The van der Waals surface area contributed by atoms with Gasteiger partial charge in [-0.05, 0) is 32.9 Å². The summed E-state index contributed by atoms with van der Waals surface area (Å²) in [7, 11) is 0. The average Bonchev–Trinajstić information content (AvgIpc) is 2.86. The minimum atomic E-state index is -0.0134. The van der Waals surface area contributed by atoms with Crippen LogP contribution in [0.3, 0.4) is 0 Å². The van der Waals surface area contributed by atoms with Gasteiger partial charge in [0.15, 0.2) is 5.82 Å². The van der Waals surface area contributed by atoms with Crippen LogP contribution < -0.4 is 10.6 Å². The normalized spacial score (nSPS) is 19.2. The molecule has 6 heteroatoms. The van der Waals surface area contributed by atoms with E-state index in [0.717, 1.165) is 26.2 Å². The molecule has 1 aromatic heterocycles. The van der Waals surface area contributed by atoms with Crippen LogP contribution >= 0.6 is 0 Å². The van der Waals surface area contributed by atoms with Gasteiger partial charge in [0.1, 0.15) is 5.76 Å². The summed E-state index contributed by atoms with van der Waals surface area (Å²) in [4.78, 5) is 14.3. The molecule has 1 atom stereocenters. The van der Waals surface area contributed by atoms with Gasteiger partial charge in [0.25, 0.3) is 0 Å². The molecule has 1 aliphatic rings. The first-order chi connectivity index (χ1) is 9.69. The molecule has 6 nitrogen and oxygen atoms in total. The Morgan fingerprint density at radius 2 is 2.50 bits per heavy atom. The molecular formula is C14H24N4O2. The van der Waals surface area contributed by atoms with Crippen LogP contribution in [-0.2, 0) is 4.79 Å². The summed E-state index contributed by atoms with van der Waals surface area (Å²) in [5, 5.41) is 9.94. The molecule has 1 amide bonds. The van der Waals surface area contributed by atoms with E-state index in [-0.39, 0.29) is 5.91 Å². The molecule has 1 aromatic rings. The molecule has 0 bridgehead atoms. The number of amides is 1. The van der Waals surface area contributed by atoms with Crippen LogP contribution in [0.25, 0.3) is 0 Å². The van der Waals surface area contributed by atoms with Crippen molar-refractivity contribution < 1.29 is 9.32 Å². The third kappa shape index (κ3) is 4.31. The van der Waals surface area contributed by atoms with E-state index in [1.54, 1.807) is 13.0 Å². The first kappa shape index (κ1) is 15.0. The van der Waals surface area contributed by atoms with Gasteiger partial charge in [-0.1, -0.05) is 12.1 Å². The smallest absolute Gasteiger partial charge is 0.226 e. The molecule has 2 N–H and O–H groups in total. The van der Waals surface area contributed by atoms with Crippen LogP contribution in [0.5, 0.6) is 0 Å². The number of rotatable bonds is 6. The number of likely N-dealkylation sites (N-methyl/N-ethyl adjacent to an activating group) is 1. The van der Waals surface area contributed by atoms with Gasteiger partial charge in [-0.3, -0.25) is 9.69 Å². The molecule has 2 heterocycles. The highest BCUT2D eigenvalue weighted by Crippen LogP contribution is 2.11. The molecule has 20 heavy (non-hydrogen) atoms. The standard InChI is InChI=1S/C14H24N4O2/c1-3-18(12-5-4-7-15-10-12)8-6-14(19)16-13-9-11(2)20-17-13/h9,12,15H,3-8,10H2,1-2H3,(H,16,17,19).